The summed E-state index contributed by atoms with van der Waals surface area (Å²) in [4.78, 5) is 11.0. The summed E-state index contributed by atoms with van der Waals surface area (Å²) in [6.07, 6.45) is 0. The van der Waals surface area contributed by atoms with Crippen LogP contribution in [0.3, 0.4) is 0 Å². The van der Waals surface area contributed by atoms with Gasteiger partial charge in [0.25, 0.3) is 0 Å². The van der Waals surface area contributed by atoms with E-state index in [2.05, 4.69) is 5.32 Å². The third kappa shape index (κ3) is 3.40. The molecular formula is C10H11ClFNO2. The Morgan fingerprint density at radius 1 is 1.60 bits per heavy atom. The van der Waals surface area contributed by atoms with E-state index in [1.54, 1.807) is 6.92 Å². The molecule has 15 heavy (non-hydrogen) atoms. The Labute approximate surface area is 92.2 Å². The SMILES string of the molecule is CCOc1cc(F)ccc1NC(=O)CCl. The highest BCUT2D eigenvalue weighted by molar-refractivity contribution is 6.29. The van der Waals surface area contributed by atoms with Crippen LogP contribution in [0.4, 0.5) is 10.1 Å². The van der Waals surface area contributed by atoms with Gasteiger partial charge in [-0.25, -0.2) is 4.39 Å². The van der Waals surface area contributed by atoms with Crippen molar-refractivity contribution in [3.05, 3.63) is 24.0 Å². The van der Waals surface area contributed by atoms with Crippen LogP contribution in [0.15, 0.2) is 18.2 Å². The van der Waals surface area contributed by atoms with Crippen molar-refractivity contribution in [2.45, 2.75) is 6.92 Å². The van der Waals surface area contributed by atoms with Crippen LogP contribution >= 0.6 is 11.6 Å². The molecule has 5 heteroatoms. The van der Waals surface area contributed by atoms with Crippen molar-refractivity contribution in [2.75, 3.05) is 17.8 Å². The number of hydrogen-bond donors (Lipinski definition) is 1. The molecule has 1 aromatic carbocycles. The number of ether oxygens (including phenoxy) is 1. The lowest BCUT2D eigenvalue weighted by Gasteiger charge is -2.10. The fraction of sp³-hybridized carbons (Fsp3) is 0.300. The Morgan fingerprint density at radius 3 is 2.93 bits per heavy atom. The predicted molar refractivity (Wildman–Crippen MR) is 56.9 cm³/mol. The minimum absolute atomic E-state index is 0.150. The molecule has 3 nitrogen and oxygen atoms in total. The Morgan fingerprint density at radius 2 is 2.33 bits per heavy atom. The second-order valence-electron chi connectivity index (χ2n) is 2.76. The summed E-state index contributed by atoms with van der Waals surface area (Å²) in [6, 6.07) is 3.89. The highest BCUT2D eigenvalue weighted by Crippen LogP contribution is 2.25. The van der Waals surface area contributed by atoms with E-state index in [1.165, 1.54) is 18.2 Å². The van der Waals surface area contributed by atoms with E-state index >= 15 is 0 Å². The van der Waals surface area contributed by atoms with Gasteiger partial charge in [0.1, 0.15) is 17.4 Å². The molecule has 1 aromatic rings. The number of amides is 1. The van der Waals surface area contributed by atoms with Crippen LogP contribution in [-0.4, -0.2) is 18.4 Å². The standard InChI is InChI=1S/C10H11ClFNO2/c1-2-15-9-5-7(12)3-4-8(9)13-10(14)6-11/h3-5H,2,6H2,1H3,(H,13,14). The first-order chi connectivity index (χ1) is 7.17. The average Bonchev–Trinajstić information content (AvgIpc) is 2.22. The highest BCUT2D eigenvalue weighted by Gasteiger charge is 2.07. The van der Waals surface area contributed by atoms with Crippen LogP contribution in [0.5, 0.6) is 5.75 Å². The molecule has 0 aliphatic rings. The van der Waals surface area contributed by atoms with Crippen LogP contribution in [0.25, 0.3) is 0 Å². The first kappa shape index (κ1) is 11.8. The smallest absolute Gasteiger partial charge is 0.239 e. The molecule has 0 unspecified atom stereocenters. The van der Waals surface area contributed by atoms with Crippen molar-refractivity contribution in [3.63, 3.8) is 0 Å². The number of halogens is 2. The second kappa shape index (κ2) is 5.56. The second-order valence-corrected chi connectivity index (χ2v) is 3.02. The summed E-state index contributed by atoms with van der Waals surface area (Å²) < 4.78 is 18.0. The lowest BCUT2D eigenvalue weighted by atomic mass is 10.3. The molecule has 0 bridgehead atoms. The molecule has 1 N–H and O–H groups in total. The zero-order valence-electron chi connectivity index (χ0n) is 8.22. The number of nitrogens with one attached hydrogen (secondary N) is 1. The molecule has 0 spiro atoms. The van der Waals surface area contributed by atoms with Crippen LogP contribution in [0.1, 0.15) is 6.92 Å². The molecule has 0 atom stereocenters. The summed E-state index contributed by atoms with van der Waals surface area (Å²) in [7, 11) is 0. The molecule has 82 valence electrons. The van der Waals surface area contributed by atoms with Crippen molar-refractivity contribution in [2.24, 2.45) is 0 Å². The van der Waals surface area contributed by atoms with Crippen LogP contribution in [-0.2, 0) is 4.79 Å². The van der Waals surface area contributed by atoms with Crippen LogP contribution in [0.2, 0.25) is 0 Å². The normalized spacial score (nSPS) is 9.80. The first-order valence-electron chi connectivity index (χ1n) is 4.45. The molecular weight excluding hydrogens is 221 g/mol. The van der Waals surface area contributed by atoms with Gasteiger partial charge in [-0.15, -0.1) is 11.6 Å². The molecule has 0 aromatic heterocycles. The van der Waals surface area contributed by atoms with Gasteiger partial charge in [-0.2, -0.15) is 0 Å². The minimum Gasteiger partial charge on any atom is -0.492 e. The van der Waals surface area contributed by atoms with Gasteiger partial charge in [-0.3, -0.25) is 4.79 Å². The van der Waals surface area contributed by atoms with Gasteiger partial charge in [0.15, 0.2) is 0 Å². The topological polar surface area (TPSA) is 38.3 Å². The van der Waals surface area contributed by atoms with E-state index in [4.69, 9.17) is 16.3 Å². The van der Waals surface area contributed by atoms with Gasteiger partial charge in [0, 0.05) is 6.07 Å². The average molecular weight is 232 g/mol. The van der Waals surface area contributed by atoms with Gasteiger partial charge < -0.3 is 10.1 Å². The molecule has 0 saturated carbocycles. The Hall–Kier alpha value is -1.29. The third-order valence-electron chi connectivity index (χ3n) is 1.64. The molecule has 1 amide bonds. The summed E-state index contributed by atoms with van der Waals surface area (Å²) in [5, 5.41) is 2.51. The van der Waals surface area contributed by atoms with Crippen molar-refractivity contribution in [1.82, 2.24) is 0 Å². The number of anilines is 1. The van der Waals surface area contributed by atoms with Crippen molar-refractivity contribution in [3.8, 4) is 5.75 Å². The van der Waals surface area contributed by atoms with Crippen molar-refractivity contribution < 1.29 is 13.9 Å². The van der Waals surface area contributed by atoms with E-state index < -0.39 is 5.82 Å². The fourth-order valence-electron chi connectivity index (χ4n) is 1.06. The number of benzene rings is 1. The summed E-state index contributed by atoms with van der Waals surface area (Å²) in [6.45, 7) is 2.17. The quantitative estimate of drug-likeness (QED) is 0.809. The number of carbonyl (C=O) groups excluding carboxylic acids is 1. The van der Waals surface area contributed by atoms with E-state index in [0.717, 1.165) is 0 Å². The maximum absolute atomic E-state index is 12.9. The van der Waals surface area contributed by atoms with Crippen molar-refractivity contribution >= 4 is 23.2 Å². The maximum atomic E-state index is 12.9. The van der Waals surface area contributed by atoms with E-state index in [1.807, 2.05) is 0 Å². The first-order valence-corrected chi connectivity index (χ1v) is 4.99. The largest absolute Gasteiger partial charge is 0.492 e. The summed E-state index contributed by atoms with van der Waals surface area (Å²) in [5.74, 6) is -0.620. The van der Waals surface area contributed by atoms with E-state index in [9.17, 15) is 9.18 Å². The highest BCUT2D eigenvalue weighted by atomic mass is 35.5. The molecule has 0 saturated heterocycles. The Bertz CT molecular complexity index is 357. The van der Waals surface area contributed by atoms with E-state index in [-0.39, 0.29) is 11.8 Å². The molecule has 1 rings (SSSR count). The molecule has 0 heterocycles. The van der Waals surface area contributed by atoms with Gasteiger partial charge in [0.05, 0.1) is 12.3 Å². The maximum Gasteiger partial charge on any atom is 0.239 e. The number of alkyl halides is 1. The van der Waals surface area contributed by atoms with Gasteiger partial charge >= 0.3 is 0 Å². The molecule has 0 radical (unpaired) electrons. The Kier molecular flexibility index (Phi) is 4.37. The van der Waals surface area contributed by atoms with Crippen LogP contribution in [0, 0.1) is 5.82 Å². The fourth-order valence-corrected chi connectivity index (χ4v) is 1.12. The lowest BCUT2D eigenvalue weighted by molar-refractivity contribution is -0.113. The minimum atomic E-state index is -0.415. The molecule has 0 aliphatic heterocycles. The Balaban J connectivity index is 2.89. The van der Waals surface area contributed by atoms with Crippen molar-refractivity contribution in [1.29, 1.82) is 0 Å². The van der Waals surface area contributed by atoms with E-state index in [0.29, 0.717) is 18.0 Å². The molecule has 0 fully saturated rings. The van der Waals surface area contributed by atoms with Crippen LogP contribution < -0.4 is 10.1 Å². The monoisotopic (exact) mass is 231 g/mol. The zero-order valence-corrected chi connectivity index (χ0v) is 8.97. The number of hydrogen-bond acceptors (Lipinski definition) is 2. The predicted octanol–water partition coefficient (Wildman–Crippen LogP) is 2.40. The molecule has 0 aliphatic carbocycles. The lowest BCUT2D eigenvalue weighted by Crippen LogP contribution is -2.13. The zero-order chi connectivity index (χ0) is 11.3. The van der Waals surface area contributed by atoms with Gasteiger partial charge in [0.2, 0.25) is 5.91 Å². The number of rotatable bonds is 4. The number of carbonyl (C=O) groups is 1. The van der Waals surface area contributed by atoms with Gasteiger partial charge in [-0.05, 0) is 19.1 Å². The summed E-state index contributed by atoms with van der Waals surface area (Å²) >= 11 is 5.34. The third-order valence-corrected chi connectivity index (χ3v) is 1.88. The summed E-state index contributed by atoms with van der Waals surface area (Å²) in [5.41, 5.74) is 0.420. The van der Waals surface area contributed by atoms with Gasteiger partial charge in [-0.1, -0.05) is 0 Å².